The van der Waals surface area contributed by atoms with E-state index in [2.05, 4.69) is 20.5 Å². The maximum atomic E-state index is 11.9. The third-order valence-electron chi connectivity index (χ3n) is 5.37. The molecule has 142 valence electrons. The average molecular weight is 351 g/mol. The number of piperidine rings is 1. The first-order chi connectivity index (χ1) is 12.1. The highest BCUT2D eigenvalue weighted by atomic mass is 16.5. The smallest absolute Gasteiger partial charge is 0.243 e. The van der Waals surface area contributed by atoms with Crippen molar-refractivity contribution >= 4 is 11.9 Å². The maximum Gasteiger partial charge on any atom is 0.243 e. The summed E-state index contributed by atoms with van der Waals surface area (Å²) in [4.78, 5) is 20.7. The third kappa shape index (κ3) is 5.85. The number of guanidine groups is 1. The number of hydrogen-bond donors (Lipinski definition) is 2. The molecular formula is C18H33N5O2. The summed E-state index contributed by atoms with van der Waals surface area (Å²) in [5.74, 6) is 0.809. The predicted molar refractivity (Wildman–Crippen MR) is 98.7 cm³/mol. The molecule has 0 spiro atoms. The molecule has 2 saturated heterocycles. The van der Waals surface area contributed by atoms with Crippen LogP contribution in [0.4, 0.5) is 0 Å². The molecule has 0 atom stereocenters. The third-order valence-corrected chi connectivity index (χ3v) is 5.37. The summed E-state index contributed by atoms with van der Waals surface area (Å²) >= 11 is 0. The highest BCUT2D eigenvalue weighted by molar-refractivity contribution is 5.85. The van der Waals surface area contributed by atoms with Crippen molar-refractivity contribution < 1.29 is 9.53 Å². The molecular weight excluding hydrogens is 318 g/mol. The molecule has 3 aliphatic rings. The van der Waals surface area contributed by atoms with E-state index in [9.17, 15) is 4.79 Å². The van der Waals surface area contributed by atoms with Crippen molar-refractivity contribution in [2.45, 2.75) is 56.7 Å². The zero-order valence-corrected chi connectivity index (χ0v) is 15.7. The molecule has 0 bridgehead atoms. The van der Waals surface area contributed by atoms with Crippen LogP contribution in [0.1, 0.15) is 38.5 Å². The molecule has 1 aliphatic carbocycles. The lowest BCUT2D eigenvalue weighted by molar-refractivity contribution is -0.127. The molecule has 7 nitrogen and oxygen atoms in total. The molecule has 25 heavy (non-hydrogen) atoms. The Kier molecular flexibility index (Phi) is 6.53. The van der Waals surface area contributed by atoms with Crippen LogP contribution in [0.25, 0.3) is 0 Å². The first-order valence-corrected chi connectivity index (χ1v) is 9.71. The van der Waals surface area contributed by atoms with Crippen LogP contribution < -0.4 is 10.6 Å². The Bertz CT molecular complexity index is 464. The van der Waals surface area contributed by atoms with Gasteiger partial charge in [-0.15, -0.1) is 0 Å². The molecule has 0 radical (unpaired) electrons. The van der Waals surface area contributed by atoms with E-state index in [0.717, 1.165) is 50.9 Å². The Morgan fingerprint density at radius 1 is 1.04 bits per heavy atom. The van der Waals surface area contributed by atoms with Gasteiger partial charge >= 0.3 is 0 Å². The zero-order chi connectivity index (χ0) is 17.6. The van der Waals surface area contributed by atoms with E-state index < -0.39 is 0 Å². The van der Waals surface area contributed by atoms with Crippen molar-refractivity contribution in [1.29, 1.82) is 0 Å². The van der Waals surface area contributed by atoms with E-state index in [0.29, 0.717) is 12.1 Å². The molecule has 1 amide bonds. The number of nitrogens with one attached hydrogen (secondary N) is 2. The molecule has 7 heteroatoms. The predicted octanol–water partition coefficient (Wildman–Crippen LogP) is 0.416. The van der Waals surface area contributed by atoms with Gasteiger partial charge in [0.15, 0.2) is 5.96 Å². The van der Waals surface area contributed by atoms with Crippen molar-refractivity contribution in [3.8, 4) is 0 Å². The Labute approximate surface area is 151 Å². The van der Waals surface area contributed by atoms with Gasteiger partial charge in [-0.2, -0.15) is 0 Å². The Hall–Kier alpha value is -1.34. The Morgan fingerprint density at radius 2 is 1.64 bits per heavy atom. The number of carbonyl (C=O) groups is 1. The summed E-state index contributed by atoms with van der Waals surface area (Å²) in [6, 6.07) is 1.67. The van der Waals surface area contributed by atoms with E-state index in [1.807, 2.05) is 0 Å². The van der Waals surface area contributed by atoms with Gasteiger partial charge in [0.25, 0.3) is 0 Å². The number of amides is 1. The summed E-state index contributed by atoms with van der Waals surface area (Å²) in [7, 11) is 3.54. The molecule has 0 aromatic rings. The van der Waals surface area contributed by atoms with E-state index in [1.165, 1.54) is 25.9 Å². The number of ether oxygens (including phenoxy) is 1. The number of carbonyl (C=O) groups excluding carboxylic acids is 1. The molecule has 1 saturated carbocycles. The number of hydrogen-bond acceptors (Lipinski definition) is 4. The fourth-order valence-electron chi connectivity index (χ4n) is 3.50. The average Bonchev–Trinajstić information content (AvgIpc) is 3.46. The number of aliphatic imine (C=N–C) groups is 1. The Balaban J connectivity index is 1.53. The molecule has 0 aromatic heterocycles. The summed E-state index contributed by atoms with van der Waals surface area (Å²) in [6.45, 7) is 4.11. The highest BCUT2D eigenvalue weighted by Crippen LogP contribution is 2.29. The van der Waals surface area contributed by atoms with E-state index in [1.54, 1.807) is 19.0 Å². The minimum atomic E-state index is 0.0247. The summed E-state index contributed by atoms with van der Waals surface area (Å²) in [5, 5.41) is 7.10. The number of rotatable bonds is 5. The SMILES string of the molecule is CN(C)C(=O)CN=C(NC1CCOCC1)NC1CCN(C2CC2)CC1. The summed E-state index contributed by atoms with van der Waals surface area (Å²) in [6.07, 6.45) is 7.02. The lowest BCUT2D eigenvalue weighted by Gasteiger charge is -2.34. The standard InChI is InChI=1S/C18H33N5O2/c1-22(2)17(24)13-19-18(21-15-7-11-25-12-8-15)20-14-5-9-23(10-6-14)16-3-4-16/h14-16H,3-13H2,1-2H3,(H2,19,20,21). The van der Waals surface area contributed by atoms with Gasteiger partial charge in [0.2, 0.25) is 5.91 Å². The van der Waals surface area contributed by atoms with E-state index in [-0.39, 0.29) is 12.5 Å². The van der Waals surface area contributed by atoms with Crippen LogP contribution in [0, 0.1) is 0 Å². The highest BCUT2D eigenvalue weighted by Gasteiger charge is 2.32. The molecule has 2 aliphatic heterocycles. The fourth-order valence-corrected chi connectivity index (χ4v) is 3.50. The molecule has 2 N–H and O–H groups in total. The van der Waals surface area contributed by atoms with Crippen molar-refractivity contribution in [2.24, 2.45) is 4.99 Å². The molecule has 3 fully saturated rings. The molecule has 2 heterocycles. The second kappa shape index (κ2) is 8.85. The van der Waals surface area contributed by atoms with Gasteiger partial charge in [-0.3, -0.25) is 4.79 Å². The van der Waals surface area contributed by atoms with Crippen LogP contribution in [0.5, 0.6) is 0 Å². The van der Waals surface area contributed by atoms with Crippen molar-refractivity contribution in [1.82, 2.24) is 20.4 Å². The first kappa shape index (κ1) is 18.5. The monoisotopic (exact) mass is 351 g/mol. The molecule has 3 rings (SSSR count). The van der Waals surface area contributed by atoms with Crippen molar-refractivity contribution in [3.63, 3.8) is 0 Å². The van der Waals surface area contributed by atoms with Gasteiger partial charge in [-0.1, -0.05) is 0 Å². The maximum absolute atomic E-state index is 11.9. The van der Waals surface area contributed by atoms with E-state index in [4.69, 9.17) is 4.74 Å². The van der Waals surface area contributed by atoms with Crippen LogP contribution in [0.3, 0.4) is 0 Å². The lowest BCUT2D eigenvalue weighted by atomic mass is 10.0. The summed E-state index contributed by atoms with van der Waals surface area (Å²) in [5.41, 5.74) is 0. The van der Waals surface area contributed by atoms with Gasteiger partial charge in [0.05, 0.1) is 0 Å². The first-order valence-electron chi connectivity index (χ1n) is 9.71. The number of likely N-dealkylation sites (N-methyl/N-ethyl adjacent to an activating group) is 1. The fraction of sp³-hybridized carbons (Fsp3) is 0.889. The zero-order valence-electron chi connectivity index (χ0n) is 15.7. The number of likely N-dealkylation sites (tertiary alicyclic amines) is 1. The largest absolute Gasteiger partial charge is 0.381 e. The topological polar surface area (TPSA) is 69.2 Å². The van der Waals surface area contributed by atoms with Crippen LogP contribution in [-0.4, -0.2) is 86.7 Å². The van der Waals surface area contributed by atoms with E-state index >= 15 is 0 Å². The van der Waals surface area contributed by atoms with Gasteiger partial charge < -0.3 is 25.2 Å². The van der Waals surface area contributed by atoms with Crippen molar-refractivity contribution in [3.05, 3.63) is 0 Å². The second-order valence-corrected chi connectivity index (χ2v) is 7.67. The minimum Gasteiger partial charge on any atom is -0.381 e. The molecule has 0 unspecified atom stereocenters. The van der Waals surface area contributed by atoms with Crippen LogP contribution in [0.15, 0.2) is 4.99 Å². The normalized spacial score (nSPS) is 24.2. The quantitative estimate of drug-likeness (QED) is 0.555. The van der Waals surface area contributed by atoms with Crippen LogP contribution >= 0.6 is 0 Å². The van der Waals surface area contributed by atoms with Gasteiger partial charge in [-0.25, -0.2) is 4.99 Å². The lowest BCUT2D eigenvalue weighted by Crippen LogP contribution is -2.52. The number of nitrogens with zero attached hydrogens (tertiary/aromatic N) is 3. The molecule has 0 aromatic carbocycles. The van der Waals surface area contributed by atoms with Crippen LogP contribution in [0.2, 0.25) is 0 Å². The van der Waals surface area contributed by atoms with Crippen LogP contribution in [-0.2, 0) is 9.53 Å². The van der Waals surface area contributed by atoms with Gasteiger partial charge in [0.1, 0.15) is 6.54 Å². The van der Waals surface area contributed by atoms with Gasteiger partial charge in [-0.05, 0) is 38.5 Å². The Morgan fingerprint density at radius 3 is 2.20 bits per heavy atom. The van der Waals surface area contributed by atoms with Gasteiger partial charge in [0, 0.05) is 58.5 Å². The minimum absolute atomic E-state index is 0.0247. The van der Waals surface area contributed by atoms with Crippen molar-refractivity contribution in [2.75, 3.05) is 46.9 Å². The summed E-state index contributed by atoms with van der Waals surface area (Å²) < 4.78 is 5.43. The second-order valence-electron chi connectivity index (χ2n) is 7.67.